The number of benzene rings is 2. The summed E-state index contributed by atoms with van der Waals surface area (Å²) in [7, 11) is 0. The van der Waals surface area contributed by atoms with E-state index in [1.54, 1.807) is 48.5 Å². The van der Waals surface area contributed by atoms with E-state index in [0.29, 0.717) is 28.8 Å². The number of nitrogens with zero attached hydrogens (tertiary/aromatic N) is 1. The molecule has 2 aromatic carbocycles. The minimum Gasteiger partial charge on any atom is -0.481 e. The zero-order chi connectivity index (χ0) is 22.0. The fourth-order valence-electron chi connectivity index (χ4n) is 4.53. The van der Waals surface area contributed by atoms with Gasteiger partial charge in [0.15, 0.2) is 0 Å². The lowest BCUT2D eigenvalue weighted by atomic mass is 9.78. The Bertz CT molecular complexity index is 996. The predicted octanol–water partition coefficient (Wildman–Crippen LogP) is 3.35. The second-order valence-electron chi connectivity index (χ2n) is 8.17. The molecule has 1 aliphatic carbocycles. The number of nitrogens with one attached hydrogen (secondary N) is 1. The molecule has 3 amide bonds. The van der Waals surface area contributed by atoms with Gasteiger partial charge < -0.3 is 10.4 Å². The average molecular weight is 420 g/mol. The van der Waals surface area contributed by atoms with Crippen molar-refractivity contribution in [1.82, 2.24) is 4.90 Å². The molecule has 0 bridgehead atoms. The Morgan fingerprint density at radius 2 is 1.55 bits per heavy atom. The number of rotatable bonds is 6. The minimum atomic E-state index is -0.907. The average Bonchev–Trinajstić information content (AvgIpc) is 3.00. The molecule has 2 aromatic rings. The van der Waals surface area contributed by atoms with Gasteiger partial charge in [0, 0.05) is 18.2 Å². The molecule has 2 aliphatic rings. The van der Waals surface area contributed by atoms with E-state index in [1.165, 1.54) is 4.90 Å². The quantitative estimate of drug-likeness (QED) is 0.698. The van der Waals surface area contributed by atoms with Gasteiger partial charge in [0.1, 0.15) is 0 Å². The summed E-state index contributed by atoms with van der Waals surface area (Å²) in [6.07, 6.45) is 3.30. The second kappa shape index (κ2) is 8.71. The molecule has 1 heterocycles. The number of imide groups is 1. The first-order valence-electron chi connectivity index (χ1n) is 10.5. The van der Waals surface area contributed by atoms with Crippen LogP contribution in [0.25, 0.3) is 0 Å². The third kappa shape index (κ3) is 4.35. The van der Waals surface area contributed by atoms with Crippen molar-refractivity contribution in [2.24, 2.45) is 11.8 Å². The first-order valence-corrected chi connectivity index (χ1v) is 10.5. The Morgan fingerprint density at radius 1 is 0.935 bits per heavy atom. The van der Waals surface area contributed by atoms with Crippen molar-refractivity contribution in [2.75, 3.05) is 11.9 Å². The van der Waals surface area contributed by atoms with E-state index < -0.39 is 5.97 Å². The van der Waals surface area contributed by atoms with Gasteiger partial charge in [-0.15, -0.1) is 0 Å². The number of hydrogen-bond donors (Lipinski definition) is 2. The molecule has 2 unspecified atom stereocenters. The molecule has 1 aliphatic heterocycles. The number of carbonyl (C=O) groups is 4. The highest BCUT2D eigenvalue weighted by atomic mass is 16.4. The third-order valence-electron chi connectivity index (χ3n) is 6.12. The highest BCUT2D eigenvalue weighted by Crippen LogP contribution is 2.34. The minimum absolute atomic E-state index is 0.0702. The summed E-state index contributed by atoms with van der Waals surface area (Å²) >= 11 is 0. The molecule has 0 saturated heterocycles. The molecule has 7 nitrogen and oxygen atoms in total. The molecule has 7 heteroatoms. The van der Waals surface area contributed by atoms with Gasteiger partial charge in [0.05, 0.1) is 17.5 Å². The maximum atomic E-state index is 13.0. The Kier molecular flexibility index (Phi) is 5.84. The lowest BCUT2D eigenvalue weighted by Gasteiger charge is -2.32. The maximum Gasteiger partial charge on any atom is 0.307 e. The third-order valence-corrected chi connectivity index (χ3v) is 6.12. The molecule has 1 saturated carbocycles. The van der Waals surface area contributed by atoms with Crippen LogP contribution in [0.4, 0.5) is 5.69 Å². The molecule has 0 spiro atoms. The van der Waals surface area contributed by atoms with E-state index in [-0.39, 0.29) is 42.5 Å². The Labute approximate surface area is 180 Å². The van der Waals surface area contributed by atoms with Crippen molar-refractivity contribution >= 4 is 29.4 Å². The van der Waals surface area contributed by atoms with Crippen LogP contribution in [-0.4, -0.2) is 40.2 Å². The summed E-state index contributed by atoms with van der Waals surface area (Å²) in [5, 5.41) is 11.8. The van der Waals surface area contributed by atoms with E-state index in [9.17, 15) is 19.2 Å². The summed E-state index contributed by atoms with van der Waals surface area (Å²) in [6.45, 7) is 0.238. The number of aliphatic carboxylic acids is 1. The SMILES string of the molecule is O=C(O)Cc1ccc(NC(=O)C2CCCCC2CN2C(=O)c3ccccc3C2=O)cc1. The number of fused-ring (bicyclic) bond motifs is 1. The van der Waals surface area contributed by atoms with Gasteiger partial charge in [-0.1, -0.05) is 37.1 Å². The Balaban J connectivity index is 1.44. The normalized spacial score (nSPS) is 20.5. The van der Waals surface area contributed by atoms with Crippen LogP contribution >= 0.6 is 0 Å². The summed E-state index contributed by atoms with van der Waals surface area (Å²) < 4.78 is 0. The zero-order valence-electron chi connectivity index (χ0n) is 17.0. The Morgan fingerprint density at radius 3 is 2.16 bits per heavy atom. The fraction of sp³-hybridized carbons (Fsp3) is 0.333. The number of anilines is 1. The number of carbonyl (C=O) groups excluding carboxylic acids is 3. The van der Waals surface area contributed by atoms with Gasteiger partial charge in [-0.2, -0.15) is 0 Å². The van der Waals surface area contributed by atoms with Crippen molar-refractivity contribution in [3.8, 4) is 0 Å². The monoisotopic (exact) mass is 420 g/mol. The topological polar surface area (TPSA) is 104 Å². The molecule has 1 fully saturated rings. The standard InChI is InChI=1S/C24H24N2O5/c27-21(28)13-15-9-11-17(12-10-15)25-22(29)18-6-2-1-5-16(18)14-26-23(30)19-7-3-4-8-20(19)24(26)31/h3-4,7-12,16,18H,1-2,5-6,13-14H2,(H,25,29)(H,27,28). The lowest BCUT2D eigenvalue weighted by molar-refractivity contribution is -0.136. The lowest BCUT2D eigenvalue weighted by Crippen LogP contribution is -2.41. The van der Waals surface area contributed by atoms with Crippen LogP contribution in [0.3, 0.4) is 0 Å². The van der Waals surface area contributed by atoms with E-state index in [1.807, 2.05) is 0 Å². The molecule has 31 heavy (non-hydrogen) atoms. The fourth-order valence-corrected chi connectivity index (χ4v) is 4.53. The zero-order valence-corrected chi connectivity index (χ0v) is 17.0. The summed E-state index contributed by atoms with van der Waals surface area (Å²) in [6, 6.07) is 13.6. The summed E-state index contributed by atoms with van der Waals surface area (Å²) in [5.74, 6) is -2.01. The summed E-state index contributed by atoms with van der Waals surface area (Å²) in [5.41, 5.74) is 2.10. The number of hydrogen-bond acceptors (Lipinski definition) is 4. The number of carboxylic acids is 1. The molecule has 0 aromatic heterocycles. The van der Waals surface area contributed by atoms with Crippen LogP contribution in [0.5, 0.6) is 0 Å². The maximum absolute atomic E-state index is 13.0. The van der Waals surface area contributed by atoms with Crippen molar-refractivity contribution < 1.29 is 24.3 Å². The molecule has 0 radical (unpaired) electrons. The van der Waals surface area contributed by atoms with Crippen LogP contribution in [-0.2, 0) is 16.0 Å². The smallest absolute Gasteiger partial charge is 0.307 e. The second-order valence-corrected chi connectivity index (χ2v) is 8.17. The van der Waals surface area contributed by atoms with Crippen LogP contribution < -0.4 is 5.32 Å². The predicted molar refractivity (Wildman–Crippen MR) is 114 cm³/mol. The van der Waals surface area contributed by atoms with Crippen LogP contribution in [0.15, 0.2) is 48.5 Å². The van der Waals surface area contributed by atoms with E-state index >= 15 is 0 Å². The van der Waals surface area contributed by atoms with Crippen molar-refractivity contribution in [3.63, 3.8) is 0 Å². The first kappa shape index (κ1) is 20.8. The van der Waals surface area contributed by atoms with Gasteiger partial charge in [0.25, 0.3) is 11.8 Å². The van der Waals surface area contributed by atoms with Gasteiger partial charge >= 0.3 is 5.97 Å². The van der Waals surface area contributed by atoms with Gasteiger partial charge in [0.2, 0.25) is 5.91 Å². The van der Waals surface area contributed by atoms with Crippen molar-refractivity contribution in [1.29, 1.82) is 0 Å². The highest BCUT2D eigenvalue weighted by Gasteiger charge is 2.40. The molecular formula is C24H24N2O5. The number of carboxylic acid groups (broad SMARTS) is 1. The van der Waals surface area contributed by atoms with Gasteiger partial charge in [-0.3, -0.25) is 24.1 Å². The van der Waals surface area contributed by atoms with Crippen LogP contribution in [0.2, 0.25) is 0 Å². The van der Waals surface area contributed by atoms with Gasteiger partial charge in [-0.25, -0.2) is 0 Å². The van der Waals surface area contributed by atoms with E-state index in [0.717, 1.165) is 19.3 Å². The van der Waals surface area contributed by atoms with Crippen LogP contribution in [0.1, 0.15) is 52.0 Å². The van der Waals surface area contributed by atoms with Gasteiger partial charge in [-0.05, 0) is 48.6 Å². The number of amides is 3. The van der Waals surface area contributed by atoms with Crippen LogP contribution in [0, 0.1) is 11.8 Å². The molecule has 2 atom stereocenters. The molecule has 4 rings (SSSR count). The molecule has 160 valence electrons. The van der Waals surface area contributed by atoms with Crippen molar-refractivity contribution in [2.45, 2.75) is 32.1 Å². The highest BCUT2D eigenvalue weighted by molar-refractivity contribution is 6.21. The molecular weight excluding hydrogens is 396 g/mol. The van der Waals surface area contributed by atoms with Crippen molar-refractivity contribution in [3.05, 3.63) is 65.2 Å². The summed E-state index contributed by atoms with van der Waals surface area (Å²) in [4.78, 5) is 50.5. The molecule has 2 N–H and O–H groups in total. The Hall–Kier alpha value is -3.48. The van der Waals surface area contributed by atoms with E-state index in [4.69, 9.17) is 5.11 Å². The largest absolute Gasteiger partial charge is 0.481 e. The van der Waals surface area contributed by atoms with E-state index in [2.05, 4.69) is 5.32 Å². The first-order chi connectivity index (χ1) is 14.9.